The fourth-order valence-electron chi connectivity index (χ4n) is 1.77. The lowest BCUT2D eigenvalue weighted by Crippen LogP contribution is -1.85. The molecule has 0 atom stereocenters. The van der Waals surface area contributed by atoms with Crippen LogP contribution in [0, 0.1) is 0 Å². The molecule has 0 amide bonds. The minimum atomic E-state index is -0.441. The van der Waals surface area contributed by atoms with Gasteiger partial charge in [0.15, 0.2) is 17.3 Å². The lowest BCUT2D eigenvalue weighted by molar-refractivity contribution is -0.112. The van der Waals surface area contributed by atoms with Crippen LogP contribution in [0.2, 0.25) is 0 Å². The fourth-order valence-corrected chi connectivity index (χ4v) is 1.77. The summed E-state index contributed by atoms with van der Waals surface area (Å²) >= 11 is 0. The summed E-state index contributed by atoms with van der Waals surface area (Å²) in [7, 11) is 0. The summed E-state index contributed by atoms with van der Waals surface area (Å²) in [6.07, 6.45) is 2.49. The highest BCUT2D eigenvalue weighted by atomic mass is 16.3. The van der Waals surface area contributed by atoms with E-state index in [1.54, 1.807) is 24.3 Å². The predicted octanol–water partition coefficient (Wildman–Crippen LogP) is 2.56. The van der Waals surface area contributed by atoms with Gasteiger partial charge in [0.2, 0.25) is 0 Å². The number of hydrogen-bond acceptors (Lipinski definition) is 4. The van der Waals surface area contributed by atoms with Gasteiger partial charge in [-0.05, 0) is 19.1 Å². The predicted molar refractivity (Wildman–Crippen MR) is 68.7 cm³/mol. The quantitative estimate of drug-likeness (QED) is 0.431. The normalized spacial score (nSPS) is 11.2. The van der Waals surface area contributed by atoms with Crippen molar-refractivity contribution < 1.29 is 20.1 Å². The van der Waals surface area contributed by atoms with Gasteiger partial charge in [0.1, 0.15) is 5.75 Å². The number of ketones is 1. The molecule has 0 radical (unpaired) electrons. The SMILES string of the molecule is CC(=O)C=Cc1c(O)c(O)c2ccccc2c1O. The number of fused-ring (bicyclic) bond motifs is 1. The van der Waals surface area contributed by atoms with E-state index in [1.165, 1.54) is 19.1 Å². The molecular formula is C14H12O4. The first kappa shape index (κ1) is 12.0. The van der Waals surface area contributed by atoms with Crippen LogP contribution in [0.4, 0.5) is 0 Å². The summed E-state index contributed by atoms with van der Waals surface area (Å²) in [6, 6.07) is 6.60. The average Bonchev–Trinajstić information content (AvgIpc) is 2.36. The molecule has 4 heteroatoms. The topological polar surface area (TPSA) is 77.8 Å². The molecule has 0 aliphatic carbocycles. The number of allylic oxidation sites excluding steroid dienone is 1. The Hall–Kier alpha value is -2.49. The van der Waals surface area contributed by atoms with Crippen molar-refractivity contribution in [3.8, 4) is 17.2 Å². The van der Waals surface area contributed by atoms with Gasteiger partial charge in [0.25, 0.3) is 0 Å². The Morgan fingerprint density at radius 3 is 2.11 bits per heavy atom. The second-order valence-corrected chi connectivity index (χ2v) is 3.95. The van der Waals surface area contributed by atoms with Crippen LogP contribution in [-0.4, -0.2) is 21.1 Å². The molecule has 0 spiro atoms. The second kappa shape index (κ2) is 4.41. The minimum Gasteiger partial charge on any atom is -0.507 e. The zero-order chi connectivity index (χ0) is 13.3. The van der Waals surface area contributed by atoms with E-state index in [4.69, 9.17) is 0 Å². The maximum Gasteiger partial charge on any atom is 0.169 e. The Morgan fingerprint density at radius 2 is 1.56 bits per heavy atom. The van der Waals surface area contributed by atoms with Gasteiger partial charge in [-0.15, -0.1) is 0 Å². The smallest absolute Gasteiger partial charge is 0.169 e. The summed E-state index contributed by atoms with van der Waals surface area (Å²) in [4.78, 5) is 10.9. The molecule has 0 saturated heterocycles. The Balaban J connectivity index is 2.78. The van der Waals surface area contributed by atoms with Gasteiger partial charge in [0.05, 0.1) is 5.56 Å². The number of carbonyl (C=O) groups excluding carboxylic acids is 1. The van der Waals surface area contributed by atoms with Crippen molar-refractivity contribution in [1.82, 2.24) is 0 Å². The van der Waals surface area contributed by atoms with Crippen molar-refractivity contribution in [2.75, 3.05) is 0 Å². The van der Waals surface area contributed by atoms with Gasteiger partial charge in [-0.3, -0.25) is 4.79 Å². The van der Waals surface area contributed by atoms with Crippen LogP contribution in [0.15, 0.2) is 30.3 Å². The van der Waals surface area contributed by atoms with Crippen molar-refractivity contribution in [1.29, 1.82) is 0 Å². The number of phenols is 3. The molecule has 18 heavy (non-hydrogen) atoms. The lowest BCUT2D eigenvalue weighted by Gasteiger charge is -2.10. The highest BCUT2D eigenvalue weighted by Gasteiger charge is 2.16. The lowest BCUT2D eigenvalue weighted by atomic mass is 10.0. The first-order valence-corrected chi connectivity index (χ1v) is 5.36. The molecule has 0 saturated carbocycles. The Morgan fingerprint density at radius 1 is 1.00 bits per heavy atom. The van der Waals surface area contributed by atoms with Crippen LogP contribution in [-0.2, 0) is 4.79 Å². The van der Waals surface area contributed by atoms with Gasteiger partial charge in [0, 0.05) is 10.8 Å². The Bertz CT molecular complexity index is 656. The first-order valence-electron chi connectivity index (χ1n) is 5.36. The largest absolute Gasteiger partial charge is 0.507 e. The van der Waals surface area contributed by atoms with E-state index in [2.05, 4.69) is 0 Å². The molecule has 0 aliphatic rings. The number of rotatable bonds is 2. The molecule has 3 N–H and O–H groups in total. The van der Waals surface area contributed by atoms with Gasteiger partial charge in [-0.1, -0.05) is 24.3 Å². The van der Waals surface area contributed by atoms with Crippen LogP contribution < -0.4 is 0 Å². The first-order chi connectivity index (χ1) is 8.52. The van der Waals surface area contributed by atoms with E-state index in [-0.39, 0.29) is 22.8 Å². The molecule has 2 rings (SSSR count). The van der Waals surface area contributed by atoms with Crippen molar-refractivity contribution >= 4 is 22.6 Å². The minimum absolute atomic E-state index is 0.0291. The molecule has 2 aromatic rings. The highest BCUT2D eigenvalue weighted by Crippen LogP contribution is 2.44. The van der Waals surface area contributed by atoms with Crippen LogP contribution in [0.1, 0.15) is 12.5 Å². The summed E-state index contributed by atoms with van der Waals surface area (Å²) in [6.45, 7) is 1.35. The molecule has 0 aliphatic heterocycles. The summed E-state index contributed by atoms with van der Waals surface area (Å²) < 4.78 is 0. The number of hydrogen-bond donors (Lipinski definition) is 3. The molecule has 0 aromatic heterocycles. The van der Waals surface area contributed by atoms with Crippen molar-refractivity contribution in [3.63, 3.8) is 0 Å². The third-order valence-electron chi connectivity index (χ3n) is 2.66. The number of carbonyl (C=O) groups is 1. The van der Waals surface area contributed by atoms with Crippen LogP contribution >= 0.6 is 0 Å². The Kier molecular flexibility index (Phi) is 2.93. The molecule has 92 valence electrons. The second-order valence-electron chi connectivity index (χ2n) is 3.95. The average molecular weight is 244 g/mol. The molecule has 0 unspecified atom stereocenters. The molecule has 4 nitrogen and oxygen atoms in total. The molecule has 0 heterocycles. The maximum absolute atomic E-state index is 10.9. The van der Waals surface area contributed by atoms with E-state index in [9.17, 15) is 20.1 Å². The van der Waals surface area contributed by atoms with E-state index in [0.29, 0.717) is 10.8 Å². The summed E-state index contributed by atoms with van der Waals surface area (Å²) in [5.41, 5.74) is 0.0291. The summed E-state index contributed by atoms with van der Waals surface area (Å²) in [5.74, 6) is -1.14. The number of phenolic OH excluding ortho intramolecular Hbond substituents is 3. The van der Waals surface area contributed by atoms with Crippen LogP contribution in [0.3, 0.4) is 0 Å². The van der Waals surface area contributed by atoms with Crippen LogP contribution in [0.25, 0.3) is 16.8 Å². The van der Waals surface area contributed by atoms with Gasteiger partial charge in [-0.25, -0.2) is 0 Å². The summed E-state index contributed by atoms with van der Waals surface area (Å²) in [5, 5.41) is 30.5. The fraction of sp³-hybridized carbons (Fsp3) is 0.0714. The van der Waals surface area contributed by atoms with E-state index < -0.39 is 5.75 Å². The third kappa shape index (κ3) is 1.88. The maximum atomic E-state index is 10.9. The number of aromatic hydroxyl groups is 3. The van der Waals surface area contributed by atoms with E-state index >= 15 is 0 Å². The highest BCUT2D eigenvalue weighted by molar-refractivity contribution is 6.00. The Labute approximate surface area is 103 Å². The number of benzene rings is 2. The van der Waals surface area contributed by atoms with Gasteiger partial charge in [-0.2, -0.15) is 0 Å². The van der Waals surface area contributed by atoms with E-state index in [0.717, 1.165) is 0 Å². The molecule has 0 fully saturated rings. The van der Waals surface area contributed by atoms with Crippen molar-refractivity contribution in [2.24, 2.45) is 0 Å². The monoisotopic (exact) mass is 244 g/mol. The molecular weight excluding hydrogens is 232 g/mol. The van der Waals surface area contributed by atoms with Crippen LogP contribution in [0.5, 0.6) is 17.2 Å². The standard InChI is InChI=1S/C14H12O4/c1-8(15)6-7-11-12(16)9-4-2-3-5-10(9)13(17)14(11)18/h2-7,16-18H,1H3. The zero-order valence-electron chi connectivity index (χ0n) is 9.71. The van der Waals surface area contributed by atoms with E-state index in [1.807, 2.05) is 0 Å². The van der Waals surface area contributed by atoms with Crippen molar-refractivity contribution in [3.05, 3.63) is 35.9 Å². The molecule has 2 aromatic carbocycles. The molecule has 0 bridgehead atoms. The van der Waals surface area contributed by atoms with Gasteiger partial charge >= 0.3 is 0 Å². The van der Waals surface area contributed by atoms with Crippen molar-refractivity contribution in [2.45, 2.75) is 6.92 Å². The third-order valence-corrected chi connectivity index (χ3v) is 2.66. The van der Waals surface area contributed by atoms with Gasteiger partial charge < -0.3 is 15.3 Å². The zero-order valence-corrected chi connectivity index (χ0v) is 9.71.